The van der Waals surface area contributed by atoms with E-state index < -0.39 is 0 Å². The van der Waals surface area contributed by atoms with Crippen LogP contribution in [0.5, 0.6) is 0 Å². The summed E-state index contributed by atoms with van der Waals surface area (Å²) in [6, 6.07) is 2.04. The summed E-state index contributed by atoms with van der Waals surface area (Å²) in [5.41, 5.74) is 2.13. The molecule has 0 radical (unpaired) electrons. The summed E-state index contributed by atoms with van der Waals surface area (Å²) in [6.07, 6.45) is 2.06. The third-order valence-corrected chi connectivity index (χ3v) is 2.35. The number of hydrogen-bond acceptors (Lipinski definition) is 2. The molecule has 0 fully saturated rings. The molecule has 0 bridgehead atoms. The van der Waals surface area contributed by atoms with Crippen LogP contribution < -0.4 is 0 Å². The summed E-state index contributed by atoms with van der Waals surface area (Å²) in [7, 11) is 0. The zero-order valence-electron chi connectivity index (χ0n) is 9.21. The van der Waals surface area contributed by atoms with Gasteiger partial charge in [-0.1, -0.05) is 13.8 Å². The van der Waals surface area contributed by atoms with Crippen LogP contribution in [0.15, 0.2) is 6.07 Å². The van der Waals surface area contributed by atoms with Crippen LogP contribution in [0.2, 0.25) is 0 Å². The second-order valence-corrected chi connectivity index (χ2v) is 3.37. The Morgan fingerprint density at radius 3 is 2.64 bits per heavy atom. The van der Waals surface area contributed by atoms with Crippen molar-refractivity contribution >= 4 is 5.78 Å². The number of rotatable bonds is 5. The summed E-state index contributed by atoms with van der Waals surface area (Å²) in [4.78, 5) is 11.3. The molecule has 0 unspecified atom stereocenters. The van der Waals surface area contributed by atoms with E-state index in [4.69, 9.17) is 0 Å². The highest BCUT2D eigenvalue weighted by Gasteiger charge is 2.08. The van der Waals surface area contributed by atoms with Gasteiger partial charge in [0.05, 0.1) is 5.69 Å². The van der Waals surface area contributed by atoms with E-state index in [1.165, 1.54) is 0 Å². The van der Waals surface area contributed by atoms with Crippen LogP contribution in [-0.4, -0.2) is 15.6 Å². The minimum absolute atomic E-state index is 0.280. The molecule has 3 nitrogen and oxygen atoms in total. The number of carbonyl (C=O) groups is 1. The third kappa shape index (κ3) is 2.44. The van der Waals surface area contributed by atoms with Crippen LogP contribution in [0.25, 0.3) is 0 Å². The fourth-order valence-corrected chi connectivity index (χ4v) is 1.43. The van der Waals surface area contributed by atoms with Gasteiger partial charge in [-0.15, -0.1) is 0 Å². The highest BCUT2D eigenvalue weighted by Crippen LogP contribution is 2.07. The molecule has 3 heteroatoms. The second kappa shape index (κ2) is 4.94. The number of nitrogens with zero attached hydrogens (tertiary/aromatic N) is 2. The van der Waals surface area contributed by atoms with Crippen molar-refractivity contribution in [1.82, 2.24) is 9.78 Å². The molecule has 1 aromatic heterocycles. The van der Waals surface area contributed by atoms with E-state index in [1.807, 2.05) is 24.6 Å². The summed E-state index contributed by atoms with van der Waals surface area (Å²) < 4.78 is 1.92. The molecular weight excluding hydrogens is 176 g/mol. The van der Waals surface area contributed by atoms with Gasteiger partial charge in [0.1, 0.15) is 5.78 Å². The number of ketones is 1. The molecule has 0 amide bonds. The van der Waals surface area contributed by atoms with Crippen LogP contribution in [0.1, 0.15) is 38.6 Å². The molecule has 0 aliphatic heterocycles. The van der Waals surface area contributed by atoms with Gasteiger partial charge in [0.15, 0.2) is 0 Å². The standard InChI is InChI=1S/C11H18N2O/c1-4-9-7-10(8-11(14)5-2)13(6-3)12-9/h7H,4-6,8H2,1-3H3. The quantitative estimate of drug-likeness (QED) is 0.718. The molecular formula is C11H18N2O. The number of hydrogen-bond donors (Lipinski definition) is 0. The molecule has 1 aromatic rings. The van der Waals surface area contributed by atoms with Gasteiger partial charge in [-0.2, -0.15) is 5.10 Å². The first-order valence-corrected chi connectivity index (χ1v) is 5.28. The molecule has 1 heterocycles. The van der Waals surface area contributed by atoms with Crippen molar-refractivity contribution in [2.45, 2.75) is 46.6 Å². The number of aryl methyl sites for hydroxylation is 2. The van der Waals surface area contributed by atoms with Gasteiger partial charge >= 0.3 is 0 Å². The van der Waals surface area contributed by atoms with Crippen molar-refractivity contribution in [1.29, 1.82) is 0 Å². The first-order chi connectivity index (χ1) is 6.71. The Morgan fingerprint density at radius 2 is 2.14 bits per heavy atom. The van der Waals surface area contributed by atoms with Gasteiger partial charge in [-0.05, 0) is 19.4 Å². The lowest BCUT2D eigenvalue weighted by molar-refractivity contribution is -0.118. The number of carbonyl (C=O) groups excluding carboxylic acids is 1. The molecule has 0 N–H and O–H groups in total. The first-order valence-electron chi connectivity index (χ1n) is 5.28. The Morgan fingerprint density at radius 1 is 1.43 bits per heavy atom. The van der Waals surface area contributed by atoms with Crippen molar-refractivity contribution in [2.75, 3.05) is 0 Å². The predicted molar refractivity (Wildman–Crippen MR) is 56.3 cm³/mol. The third-order valence-electron chi connectivity index (χ3n) is 2.35. The van der Waals surface area contributed by atoms with Gasteiger partial charge in [0.25, 0.3) is 0 Å². The Kier molecular flexibility index (Phi) is 3.86. The van der Waals surface area contributed by atoms with Gasteiger partial charge < -0.3 is 0 Å². The topological polar surface area (TPSA) is 34.9 Å². The van der Waals surface area contributed by atoms with Crippen LogP contribution in [0.4, 0.5) is 0 Å². The van der Waals surface area contributed by atoms with Crippen molar-refractivity contribution in [3.8, 4) is 0 Å². The maximum absolute atomic E-state index is 11.3. The molecule has 14 heavy (non-hydrogen) atoms. The maximum Gasteiger partial charge on any atom is 0.138 e. The smallest absolute Gasteiger partial charge is 0.138 e. The Hall–Kier alpha value is -1.12. The highest BCUT2D eigenvalue weighted by molar-refractivity contribution is 5.80. The van der Waals surface area contributed by atoms with Crippen LogP contribution in [0.3, 0.4) is 0 Å². The monoisotopic (exact) mass is 194 g/mol. The average Bonchev–Trinajstić information content (AvgIpc) is 2.60. The summed E-state index contributed by atoms with van der Waals surface area (Å²) in [6.45, 7) is 6.86. The van der Waals surface area contributed by atoms with E-state index in [0.717, 1.165) is 24.4 Å². The SMILES string of the molecule is CCC(=O)Cc1cc(CC)nn1CC. The second-order valence-electron chi connectivity index (χ2n) is 3.37. The summed E-state index contributed by atoms with van der Waals surface area (Å²) in [5, 5.41) is 4.40. The molecule has 0 saturated heterocycles. The molecule has 0 saturated carbocycles. The van der Waals surface area contributed by atoms with E-state index in [-0.39, 0.29) is 5.78 Å². The van der Waals surface area contributed by atoms with Crippen LogP contribution >= 0.6 is 0 Å². The molecule has 0 spiro atoms. The van der Waals surface area contributed by atoms with Crippen molar-refractivity contribution < 1.29 is 4.79 Å². The largest absolute Gasteiger partial charge is 0.299 e. The maximum atomic E-state index is 11.3. The Labute approximate surface area is 85.1 Å². The summed E-state index contributed by atoms with van der Waals surface area (Å²) >= 11 is 0. The van der Waals surface area contributed by atoms with Gasteiger partial charge in [-0.25, -0.2) is 0 Å². The number of aromatic nitrogens is 2. The minimum Gasteiger partial charge on any atom is -0.299 e. The van der Waals surface area contributed by atoms with E-state index in [9.17, 15) is 4.79 Å². The molecule has 1 rings (SSSR count). The van der Waals surface area contributed by atoms with Crippen LogP contribution in [0, 0.1) is 0 Å². The van der Waals surface area contributed by atoms with Crippen molar-refractivity contribution in [3.05, 3.63) is 17.5 Å². The highest BCUT2D eigenvalue weighted by atomic mass is 16.1. The predicted octanol–water partition coefficient (Wildman–Crippen LogP) is 1.99. The molecule has 0 atom stereocenters. The molecule has 78 valence electrons. The van der Waals surface area contributed by atoms with Crippen LogP contribution in [-0.2, 0) is 24.2 Å². The lowest BCUT2D eigenvalue weighted by Gasteiger charge is -2.01. The average molecular weight is 194 g/mol. The van der Waals surface area contributed by atoms with Gasteiger partial charge in [-0.3, -0.25) is 9.48 Å². The lowest BCUT2D eigenvalue weighted by atomic mass is 10.1. The van der Waals surface area contributed by atoms with E-state index >= 15 is 0 Å². The minimum atomic E-state index is 0.280. The van der Waals surface area contributed by atoms with E-state index in [2.05, 4.69) is 12.0 Å². The Balaban J connectivity index is 2.83. The van der Waals surface area contributed by atoms with Gasteiger partial charge in [0, 0.05) is 25.1 Å². The lowest BCUT2D eigenvalue weighted by Crippen LogP contribution is -2.08. The van der Waals surface area contributed by atoms with E-state index in [0.29, 0.717) is 12.8 Å². The normalized spacial score (nSPS) is 10.5. The first kappa shape index (κ1) is 11.0. The zero-order chi connectivity index (χ0) is 10.6. The van der Waals surface area contributed by atoms with Crippen molar-refractivity contribution in [2.24, 2.45) is 0 Å². The molecule has 0 aliphatic rings. The van der Waals surface area contributed by atoms with Gasteiger partial charge in [0.2, 0.25) is 0 Å². The van der Waals surface area contributed by atoms with Crippen molar-refractivity contribution in [3.63, 3.8) is 0 Å². The zero-order valence-corrected chi connectivity index (χ0v) is 9.21. The molecule has 0 aliphatic carbocycles. The Bertz CT molecular complexity index is 315. The fraction of sp³-hybridized carbons (Fsp3) is 0.636. The fourth-order valence-electron chi connectivity index (χ4n) is 1.43. The number of Topliss-reactive ketones (excluding diaryl/α,β-unsaturated/α-hetero) is 1. The molecule has 0 aromatic carbocycles. The summed E-state index contributed by atoms with van der Waals surface area (Å²) in [5.74, 6) is 0.280. The van der Waals surface area contributed by atoms with E-state index in [1.54, 1.807) is 0 Å².